The first-order valence-corrected chi connectivity index (χ1v) is 4.87. The van der Waals surface area contributed by atoms with Crippen molar-refractivity contribution in [2.75, 3.05) is 0 Å². The quantitative estimate of drug-likeness (QED) is 0.446. The van der Waals surface area contributed by atoms with E-state index < -0.39 is 11.0 Å². The van der Waals surface area contributed by atoms with Gasteiger partial charge >= 0.3 is 29.6 Å². The molecule has 0 aliphatic heterocycles. The van der Waals surface area contributed by atoms with E-state index in [0.717, 1.165) is 5.56 Å². The van der Waals surface area contributed by atoms with Crippen molar-refractivity contribution in [3.05, 3.63) is 60.2 Å². The van der Waals surface area contributed by atoms with Gasteiger partial charge in [0.25, 0.3) is 0 Å². The Hall–Kier alpha value is -0.0500. The van der Waals surface area contributed by atoms with E-state index in [9.17, 15) is 5.11 Å². The first kappa shape index (κ1) is 13.0. The Morgan fingerprint density at radius 1 is 1.13 bits per heavy atom. The maximum absolute atomic E-state index is 11.7. The SMILES string of the molecule is [Na+].[O-]C1C=CC=CC1(Cl)c1ccccc1. The molecule has 1 nitrogen and oxygen atoms in total. The first-order chi connectivity index (χ1) is 6.73. The predicted molar refractivity (Wildman–Crippen MR) is 56.0 cm³/mol. The number of hydrogen-bond acceptors (Lipinski definition) is 1. The predicted octanol–water partition coefficient (Wildman–Crippen LogP) is -1.02. The molecule has 1 aromatic carbocycles. The van der Waals surface area contributed by atoms with Crippen molar-refractivity contribution in [2.24, 2.45) is 0 Å². The van der Waals surface area contributed by atoms with E-state index in [1.54, 1.807) is 18.2 Å². The smallest absolute Gasteiger partial charge is 0.847 e. The van der Waals surface area contributed by atoms with E-state index in [1.165, 1.54) is 0 Å². The van der Waals surface area contributed by atoms with Gasteiger partial charge in [-0.15, -0.1) is 11.6 Å². The fourth-order valence-electron chi connectivity index (χ4n) is 1.55. The molecule has 0 heterocycles. The fourth-order valence-corrected chi connectivity index (χ4v) is 1.82. The number of rotatable bonds is 1. The topological polar surface area (TPSA) is 23.1 Å². The van der Waals surface area contributed by atoms with Crippen molar-refractivity contribution in [1.82, 2.24) is 0 Å². The van der Waals surface area contributed by atoms with Gasteiger partial charge in [-0.1, -0.05) is 60.7 Å². The number of halogens is 1. The summed E-state index contributed by atoms with van der Waals surface area (Å²) in [5.74, 6) is 0. The summed E-state index contributed by atoms with van der Waals surface area (Å²) in [6.45, 7) is 0. The zero-order chi connectivity index (χ0) is 10.0. The maximum atomic E-state index is 11.7. The molecular weight excluding hydrogens is 219 g/mol. The second kappa shape index (κ2) is 5.33. The molecule has 0 N–H and O–H groups in total. The Kier molecular flexibility index (Phi) is 4.63. The summed E-state index contributed by atoms with van der Waals surface area (Å²) < 4.78 is 0. The third-order valence-electron chi connectivity index (χ3n) is 2.37. The normalized spacial score (nSPS) is 28.5. The van der Waals surface area contributed by atoms with E-state index in [4.69, 9.17) is 11.6 Å². The molecule has 15 heavy (non-hydrogen) atoms. The molecular formula is C12H10ClNaO. The molecule has 0 fully saturated rings. The number of hydrogen-bond donors (Lipinski definition) is 0. The minimum atomic E-state index is -0.921. The van der Waals surface area contributed by atoms with Crippen molar-refractivity contribution in [1.29, 1.82) is 0 Å². The average Bonchev–Trinajstić information content (AvgIpc) is 2.24. The zero-order valence-corrected chi connectivity index (χ0v) is 11.3. The third kappa shape index (κ3) is 2.55. The average molecular weight is 229 g/mol. The van der Waals surface area contributed by atoms with Crippen LogP contribution in [0.1, 0.15) is 5.56 Å². The van der Waals surface area contributed by atoms with Crippen molar-refractivity contribution in [3.63, 3.8) is 0 Å². The largest absolute Gasteiger partial charge is 1.00 e. The minimum absolute atomic E-state index is 0. The maximum Gasteiger partial charge on any atom is 1.00 e. The Bertz CT molecular complexity index is 374. The molecule has 1 aliphatic carbocycles. The van der Waals surface area contributed by atoms with Crippen LogP contribution in [0.3, 0.4) is 0 Å². The first-order valence-electron chi connectivity index (χ1n) is 4.50. The van der Waals surface area contributed by atoms with Gasteiger partial charge in [-0.05, 0) is 5.56 Å². The van der Waals surface area contributed by atoms with E-state index in [1.807, 2.05) is 36.4 Å². The Balaban J connectivity index is 0.00000112. The van der Waals surface area contributed by atoms with Crippen LogP contribution in [0.2, 0.25) is 0 Å². The van der Waals surface area contributed by atoms with Gasteiger partial charge in [0.1, 0.15) is 0 Å². The van der Waals surface area contributed by atoms with Gasteiger partial charge in [-0.3, -0.25) is 0 Å². The number of allylic oxidation sites excluding steroid dienone is 2. The molecule has 0 bridgehead atoms. The summed E-state index contributed by atoms with van der Waals surface area (Å²) in [6.07, 6.45) is 5.97. The molecule has 2 rings (SSSR count). The van der Waals surface area contributed by atoms with Gasteiger partial charge < -0.3 is 5.11 Å². The molecule has 0 saturated carbocycles. The van der Waals surface area contributed by atoms with Gasteiger partial charge in [0.15, 0.2) is 0 Å². The van der Waals surface area contributed by atoms with Crippen molar-refractivity contribution < 1.29 is 34.7 Å². The van der Waals surface area contributed by atoms with Crippen LogP contribution in [0, 0.1) is 0 Å². The van der Waals surface area contributed by atoms with Crippen LogP contribution in [0.25, 0.3) is 0 Å². The second-order valence-corrected chi connectivity index (χ2v) is 3.92. The Labute approximate surface area is 117 Å². The van der Waals surface area contributed by atoms with E-state index in [2.05, 4.69) is 0 Å². The van der Waals surface area contributed by atoms with Gasteiger partial charge in [-0.2, -0.15) is 0 Å². The monoisotopic (exact) mass is 228 g/mol. The summed E-state index contributed by atoms with van der Waals surface area (Å²) >= 11 is 6.30. The molecule has 0 spiro atoms. The third-order valence-corrected chi connectivity index (χ3v) is 2.93. The molecule has 1 aromatic rings. The minimum Gasteiger partial charge on any atom is -0.847 e. The van der Waals surface area contributed by atoms with Gasteiger partial charge in [-0.25, -0.2) is 0 Å². The summed E-state index contributed by atoms with van der Waals surface area (Å²) in [5.41, 5.74) is 0.849. The molecule has 3 heteroatoms. The van der Waals surface area contributed by atoms with Gasteiger partial charge in [0.2, 0.25) is 0 Å². The molecule has 0 radical (unpaired) electrons. The van der Waals surface area contributed by atoms with E-state index in [-0.39, 0.29) is 29.6 Å². The summed E-state index contributed by atoms with van der Waals surface area (Å²) in [6, 6.07) is 9.44. The van der Waals surface area contributed by atoms with E-state index >= 15 is 0 Å². The number of alkyl halides is 1. The number of benzene rings is 1. The zero-order valence-electron chi connectivity index (χ0n) is 8.56. The molecule has 0 amide bonds. The van der Waals surface area contributed by atoms with Crippen LogP contribution in [0.4, 0.5) is 0 Å². The van der Waals surface area contributed by atoms with Crippen molar-refractivity contribution in [2.45, 2.75) is 11.0 Å². The van der Waals surface area contributed by atoms with Crippen LogP contribution < -0.4 is 34.7 Å². The van der Waals surface area contributed by atoms with Crippen LogP contribution in [-0.2, 0) is 4.87 Å². The standard InChI is InChI=1S/C12H10ClO.Na/c13-12(9-5-4-8-11(12)14)10-6-2-1-3-7-10;/h1-9,11H;/q-1;+1. The van der Waals surface area contributed by atoms with Gasteiger partial charge in [0, 0.05) is 0 Å². The van der Waals surface area contributed by atoms with E-state index in [0.29, 0.717) is 0 Å². The summed E-state index contributed by atoms with van der Waals surface area (Å²) in [4.78, 5) is -0.921. The fraction of sp³-hybridized carbons (Fsp3) is 0.167. The van der Waals surface area contributed by atoms with Crippen LogP contribution in [0.5, 0.6) is 0 Å². The second-order valence-electron chi connectivity index (χ2n) is 3.30. The van der Waals surface area contributed by atoms with Crippen LogP contribution in [0.15, 0.2) is 54.6 Å². The molecule has 1 aliphatic rings. The van der Waals surface area contributed by atoms with Crippen LogP contribution in [-0.4, -0.2) is 6.10 Å². The van der Waals surface area contributed by atoms with Crippen molar-refractivity contribution in [3.8, 4) is 0 Å². The molecule has 2 atom stereocenters. The van der Waals surface area contributed by atoms with Gasteiger partial charge in [0.05, 0.1) is 4.87 Å². The summed E-state index contributed by atoms with van der Waals surface area (Å²) in [7, 11) is 0. The summed E-state index contributed by atoms with van der Waals surface area (Å²) in [5, 5.41) is 11.7. The Morgan fingerprint density at radius 3 is 2.40 bits per heavy atom. The Morgan fingerprint density at radius 2 is 1.80 bits per heavy atom. The molecule has 72 valence electrons. The molecule has 0 aromatic heterocycles. The molecule has 0 saturated heterocycles. The van der Waals surface area contributed by atoms with Crippen LogP contribution >= 0.6 is 11.6 Å². The van der Waals surface area contributed by atoms with Crippen molar-refractivity contribution >= 4 is 11.6 Å². The molecule has 2 unspecified atom stereocenters.